The topological polar surface area (TPSA) is 37.3 Å². The molecule has 2 nitrogen and oxygen atoms in total. The Morgan fingerprint density at radius 1 is 1.54 bits per heavy atom. The van der Waals surface area contributed by atoms with Crippen molar-refractivity contribution in [2.24, 2.45) is 0 Å². The molecule has 0 atom stereocenters. The number of halogens is 2. The summed E-state index contributed by atoms with van der Waals surface area (Å²) in [4.78, 5) is 11.0. The molecule has 0 aliphatic carbocycles. The molecule has 0 heterocycles. The van der Waals surface area contributed by atoms with E-state index in [1.165, 1.54) is 0 Å². The summed E-state index contributed by atoms with van der Waals surface area (Å²) >= 11 is 8.55. The molecule has 13 heavy (non-hydrogen) atoms. The maximum atomic E-state index is 11.0. The maximum absolute atomic E-state index is 11.0. The molecule has 0 aliphatic rings. The van der Waals surface area contributed by atoms with E-state index in [1.807, 2.05) is 0 Å². The number of phenolic OH excluding ortho intramolecular Hbond substituents is 1. The Morgan fingerprint density at radius 3 is 2.77 bits per heavy atom. The van der Waals surface area contributed by atoms with E-state index in [-0.39, 0.29) is 23.8 Å². The van der Waals surface area contributed by atoms with Gasteiger partial charge in [0.1, 0.15) is 5.75 Å². The second kappa shape index (κ2) is 4.63. The van der Waals surface area contributed by atoms with Crippen molar-refractivity contribution in [1.82, 2.24) is 0 Å². The van der Waals surface area contributed by atoms with Crippen LogP contribution in [0.1, 0.15) is 5.56 Å². The molecule has 0 saturated carbocycles. The third-order valence-electron chi connectivity index (χ3n) is 1.58. The van der Waals surface area contributed by atoms with Gasteiger partial charge in [-0.05, 0) is 12.1 Å². The van der Waals surface area contributed by atoms with Gasteiger partial charge in [0.05, 0.1) is 5.88 Å². The first-order chi connectivity index (χ1) is 6.13. The lowest BCUT2D eigenvalue weighted by Crippen LogP contribution is -2.03. The highest BCUT2D eigenvalue weighted by molar-refractivity contribution is 9.10. The van der Waals surface area contributed by atoms with Crippen LogP contribution in [0, 0.1) is 0 Å². The van der Waals surface area contributed by atoms with E-state index < -0.39 is 0 Å². The number of hydrogen-bond donors (Lipinski definition) is 1. The van der Waals surface area contributed by atoms with Crippen LogP contribution in [0.2, 0.25) is 0 Å². The van der Waals surface area contributed by atoms with E-state index in [9.17, 15) is 9.90 Å². The lowest BCUT2D eigenvalue weighted by Gasteiger charge is -2.02. The predicted molar refractivity (Wildman–Crippen MR) is 55.2 cm³/mol. The summed E-state index contributed by atoms with van der Waals surface area (Å²) in [5, 5.41) is 9.41. The summed E-state index contributed by atoms with van der Waals surface area (Å²) in [6.45, 7) is 0. The van der Waals surface area contributed by atoms with E-state index in [2.05, 4.69) is 15.9 Å². The lowest BCUT2D eigenvalue weighted by molar-refractivity contribution is -0.116. The first-order valence-electron chi connectivity index (χ1n) is 3.68. The maximum Gasteiger partial charge on any atom is 0.152 e. The zero-order valence-electron chi connectivity index (χ0n) is 6.76. The van der Waals surface area contributed by atoms with Crippen LogP contribution in [0.15, 0.2) is 22.7 Å². The van der Waals surface area contributed by atoms with E-state index in [0.717, 1.165) is 4.47 Å². The lowest BCUT2D eigenvalue weighted by atomic mass is 10.1. The number of aromatic hydroxyl groups is 1. The van der Waals surface area contributed by atoms with Crippen LogP contribution in [-0.4, -0.2) is 16.8 Å². The number of hydrogen-bond acceptors (Lipinski definition) is 2. The van der Waals surface area contributed by atoms with Crippen LogP contribution in [0.4, 0.5) is 0 Å². The van der Waals surface area contributed by atoms with Gasteiger partial charge in [-0.3, -0.25) is 4.79 Å². The fraction of sp³-hybridized carbons (Fsp3) is 0.222. The number of carbonyl (C=O) groups excluding carboxylic acids is 1. The summed E-state index contributed by atoms with van der Waals surface area (Å²) in [6.07, 6.45) is 0.183. The molecule has 1 N–H and O–H groups in total. The molecule has 0 aromatic heterocycles. The highest BCUT2D eigenvalue weighted by Gasteiger charge is 2.06. The van der Waals surface area contributed by atoms with E-state index in [4.69, 9.17) is 11.6 Å². The van der Waals surface area contributed by atoms with Crippen molar-refractivity contribution in [2.45, 2.75) is 6.42 Å². The summed E-state index contributed by atoms with van der Waals surface area (Å²) in [5.74, 6) is 0.00214. The van der Waals surface area contributed by atoms with E-state index in [1.54, 1.807) is 18.2 Å². The molecule has 1 aromatic carbocycles. The number of alkyl halides is 1. The Labute approximate surface area is 89.7 Å². The molecule has 0 spiro atoms. The highest BCUT2D eigenvalue weighted by atomic mass is 79.9. The monoisotopic (exact) mass is 262 g/mol. The molecule has 0 bridgehead atoms. The average Bonchev–Trinajstić information content (AvgIpc) is 2.09. The van der Waals surface area contributed by atoms with Gasteiger partial charge in [-0.15, -0.1) is 11.6 Å². The van der Waals surface area contributed by atoms with Gasteiger partial charge in [-0.25, -0.2) is 0 Å². The van der Waals surface area contributed by atoms with Crippen LogP contribution >= 0.6 is 27.5 Å². The van der Waals surface area contributed by atoms with E-state index in [0.29, 0.717) is 5.56 Å². The van der Waals surface area contributed by atoms with Gasteiger partial charge >= 0.3 is 0 Å². The fourth-order valence-corrected chi connectivity index (χ4v) is 1.39. The summed E-state index contributed by atoms with van der Waals surface area (Å²) in [7, 11) is 0. The largest absolute Gasteiger partial charge is 0.508 e. The molecule has 0 unspecified atom stereocenters. The first-order valence-corrected chi connectivity index (χ1v) is 5.01. The van der Waals surface area contributed by atoms with E-state index >= 15 is 0 Å². The highest BCUT2D eigenvalue weighted by Crippen LogP contribution is 2.22. The molecule has 4 heteroatoms. The third-order valence-corrected chi connectivity index (χ3v) is 2.38. The number of benzene rings is 1. The summed E-state index contributed by atoms with van der Waals surface area (Å²) in [5.41, 5.74) is 0.605. The van der Waals surface area contributed by atoms with Gasteiger partial charge in [-0.2, -0.15) is 0 Å². The average molecular weight is 264 g/mol. The van der Waals surface area contributed by atoms with Crippen molar-refractivity contribution >= 4 is 33.3 Å². The van der Waals surface area contributed by atoms with Crippen molar-refractivity contribution < 1.29 is 9.90 Å². The Hall–Kier alpha value is -0.540. The Kier molecular flexibility index (Phi) is 3.75. The molecule has 0 aliphatic heterocycles. The molecule has 0 fully saturated rings. The van der Waals surface area contributed by atoms with Crippen molar-refractivity contribution in [3.8, 4) is 5.75 Å². The molecule has 0 saturated heterocycles. The normalized spacial score (nSPS) is 10.0. The fourth-order valence-electron chi connectivity index (χ4n) is 0.946. The van der Waals surface area contributed by atoms with Gasteiger partial charge in [0.2, 0.25) is 0 Å². The minimum atomic E-state index is -0.0979. The minimum absolute atomic E-state index is 0.0183. The van der Waals surface area contributed by atoms with Crippen LogP contribution in [-0.2, 0) is 11.2 Å². The molecule has 1 aromatic rings. The van der Waals surface area contributed by atoms with Crippen molar-refractivity contribution in [3.05, 3.63) is 28.2 Å². The number of rotatable bonds is 3. The second-order valence-corrected chi connectivity index (χ2v) is 3.81. The third kappa shape index (κ3) is 3.01. The second-order valence-electron chi connectivity index (χ2n) is 2.62. The van der Waals surface area contributed by atoms with Crippen LogP contribution in [0.25, 0.3) is 0 Å². The van der Waals surface area contributed by atoms with Gasteiger partial charge in [0.15, 0.2) is 5.78 Å². The molecular weight excluding hydrogens is 255 g/mol. The zero-order chi connectivity index (χ0) is 9.84. The molecule has 0 radical (unpaired) electrons. The molecular formula is C9H8BrClO2. The Morgan fingerprint density at radius 2 is 2.23 bits per heavy atom. The molecule has 0 amide bonds. The zero-order valence-corrected chi connectivity index (χ0v) is 9.10. The van der Waals surface area contributed by atoms with Gasteiger partial charge in [0, 0.05) is 16.5 Å². The molecule has 70 valence electrons. The minimum Gasteiger partial charge on any atom is -0.508 e. The molecule has 1 rings (SSSR count). The SMILES string of the molecule is O=C(CCl)Cc1ccc(Br)cc1O. The van der Waals surface area contributed by atoms with Crippen LogP contribution in [0.5, 0.6) is 5.75 Å². The standard InChI is InChI=1S/C9H8BrClO2/c10-7-2-1-6(9(13)4-7)3-8(12)5-11/h1-2,4,13H,3,5H2. The Balaban J connectivity index is 2.83. The number of Topliss-reactive ketones (excluding diaryl/α,β-unsaturated/α-hetero) is 1. The van der Waals surface area contributed by atoms with Crippen LogP contribution < -0.4 is 0 Å². The summed E-state index contributed by atoms with van der Waals surface area (Å²) in [6, 6.07) is 5.03. The quantitative estimate of drug-likeness (QED) is 0.851. The van der Waals surface area contributed by atoms with Crippen molar-refractivity contribution in [3.63, 3.8) is 0 Å². The van der Waals surface area contributed by atoms with Gasteiger partial charge < -0.3 is 5.11 Å². The number of carbonyl (C=O) groups is 1. The van der Waals surface area contributed by atoms with Crippen molar-refractivity contribution in [1.29, 1.82) is 0 Å². The smallest absolute Gasteiger partial charge is 0.152 e. The number of ketones is 1. The number of phenols is 1. The van der Waals surface area contributed by atoms with Crippen molar-refractivity contribution in [2.75, 3.05) is 5.88 Å². The predicted octanol–water partition coefficient (Wildman–Crippen LogP) is 2.51. The first kappa shape index (κ1) is 10.5. The van der Waals surface area contributed by atoms with Gasteiger partial charge in [-0.1, -0.05) is 22.0 Å². The van der Waals surface area contributed by atoms with Crippen LogP contribution in [0.3, 0.4) is 0 Å². The Bertz CT molecular complexity index is 325. The van der Waals surface area contributed by atoms with Gasteiger partial charge in [0.25, 0.3) is 0 Å². The summed E-state index contributed by atoms with van der Waals surface area (Å²) < 4.78 is 0.784.